The van der Waals surface area contributed by atoms with E-state index in [9.17, 15) is 0 Å². The lowest BCUT2D eigenvalue weighted by molar-refractivity contribution is 0.0361. The summed E-state index contributed by atoms with van der Waals surface area (Å²) in [4.78, 5) is 5.38. The normalized spacial score (nSPS) is 38.1. The van der Waals surface area contributed by atoms with Crippen LogP contribution in [-0.2, 0) is 0 Å². The molecular weight excluding hydrogens is 234 g/mol. The van der Waals surface area contributed by atoms with E-state index in [1.807, 2.05) is 0 Å². The molecule has 0 spiro atoms. The lowest BCUT2D eigenvalue weighted by Gasteiger charge is -2.46. The Morgan fingerprint density at radius 2 is 2.05 bits per heavy atom. The molecule has 3 unspecified atom stereocenters. The molecule has 0 amide bonds. The summed E-state index contributed by atoms with van der Waals surface area (Å²) < 4.78 is 0. The third-order valence-corrected chi connectivity index (χ3v) is 5.68. The van der Waals surface area contributed by atoms with Gasteiger partial charge in [-0.3, -0.25) is 0 Å². The highest BCUT2D eigenvalue weighted by Gasteiger charge is 2.34. The first kappa shape index (κ1) is 13.8. The largest absolute Gasteiger partial charge is 0.316 e. The molecule has 3 heterocycles. The number of nitrogens with zero attached hydrogens (tertiary/aromatic N) is 2. The minimum Gasteiger partial charge on any atom is -0.316 e. The second-order valence-corrected chi connectivity index (χ2v) is 7.04. The number of piperidine rings is 3. The molecule has 110 valence electrons. The van der Waals surface area contributed by atoms with Crippen LogP contribution in [0.4, 0.5) is 0 Å². The minimum atomic E-state index is 0.890. The van der Waals surface area contributed by atoms with Gasteiger partial charge in [0, 0.05) is 12.6 Å². The van der Waals surface area contributed by atoms with E-state index in [1.54, 1.807) is 0 Å². The molecule has 3 atom stereocenters. The van der Waals surface area contributed by atoms with Gasteiger partial charge in [-0.05, 0) is 90.1 Å². The van der Waals surface area contributed by atoms with E-state index in [0.717, 1.165) is 17.9 Å². The zero-order valence-electron chi connectivity index (χ0n) is 12.6. The Labute approximate surface area is 118 Å². The molecule has 0 aromatic carbocycles. The van der Waals surface area contributed by atoms with Gasteiger partial charge in [0.25, 0.3) is 0 Å². The van der Waals surface area contributed by atoms with Gasteiger partial charge >= 0.3 is 0 Å². The molecule has 0 aromatic heterocycles. The number of hydrogen-bond acceptors (Lipinski definition) is 3. The first-order chi connectivity index (χ1) is 9.33. The van der Waals surface area contributed by atoms with Gasteiger partial charge in [0.1, 0.15) is 0 Å². The quantitative estimate of drug-likeness (QED) is 0.839. The Balaban J connectivity index is 1.43. The van der Waals surface area contributed by atoms with Gasteiger partial charge in [0.05, 0.1) is 0 Å². The van der Waals surface area contributed by atoms with E-state index < -0.39 is 0 Å². The van der Waals surface area contributed by atoms with E-state index in [2.05, 4.69) is 22.2 Å². The fourth-order valence-electron chi connectivity index (χ4n) is 4.47. The number of hydrogen-bond donors (Lipinski definition) is 1. The van der Waals surface area contributed by atoms with Crippen LogP contribution in [0.1, 0.15) is 38.5 Å². The molecule has 3 aliphatic rings. The van der Waals surface area contributed by atoms with Crippen molar-refractivity contribution >= 4 is 0 Å². The smallest absolute Gasteiger partial charge is 0.0145 e. The molecule has 3 rings (SSSR count). The predicted molar refractivity (Wildman–Crippen MR) is 80.4 cm³/mol. The van der Waals surface area contributed by atoms with Crippen LogP contribution < -0.4 is 5.32 Å². The molecule has 3 fully saturated rings. The van der Waals surface area contributed by atoms with Crippen molar-refractivity contribution in [2.24, 2.45) is 11.8 Å². The summed E-state index contributed by atoms with van der Waals surface area (Å²) in [5, 5.41) is 3.55. The highest BCUT2D eigenvalue weighted by atomic mass is 15.2. The summed E-state index contributed by atoms with van der Waals surface area (Å²) >= 11 is 0. The van der Waals surface area contributed by atoms with Gasteiger partial charge in [-0.25, -0.2) is 0 Å². The van der Waals surface area contributed by atoms with Crippen molar-refractivity contribution in [3.05, 3.63) is 0 Å². The Hall–Kier alpha value is -0.120. The summed E-state index contributed by atoms with van der Waals surface area (Å²) in [6.07, 6.45) is 8.55. The van der Waals surface area contributed by atoms with Crippen molar-refractivity contribution in [1.29, 1.82) is 0 Å². The maximum atomic E-state index is 3.55. The average Bonchev–Trinajstić information content (AvgIpc) is 2.46. The maximum absolute atomic E-state index is 3.55. The van der Waals surface area contributed by atoms with Gasteiger partial charge in [-0.2, -0.15) is 0 Å². The van der Waals surface area contributed by atoms with Crippen molar-refractivity contribution in [2.75, 3.05) is 46.3 Å². The number of fused-ring (bicyclic) bond motifs is 1. The standard InChI is InChI=1S/C16H31N3/c1-18-9-3-5-15-13-19(11-7-16(15)18)10-6-14-4-2-8-17-12-14/h14-17H,2-13H2,1H3. The van der Waals surface area contributed by atoms with Gasteiger partial charge in [-0.1, -0.05) is 0 Å². The number of nitrogens with one attached hydrogen (secondary N) is 1. The molecule has 19 heavy (non-hydrogen) atoms. The lowest BCUT2D eigenvalue weighted by Crippen LogP contribution is -2.52. The molecule has 3 nitrogen and oxygen atoms in total. The summed E-state index contributed by atoms with van der Waals surface area (Å²) in [5.41, 5.74) is 0. The van der Waals surface area contributed by atoms with Crippen molar-refractivity contribution in [3.8, 4) is 0 Å². The Morgan fingerprint density at radius 1 is 1.11 bits per heavy atom. The molecule has 0 bridgehead atoms. The number of rotatable bonds is 3. The average molecular weight is 265 g/mol. The van der Waals surface area contributed by atoms with Crippen LogP contribution in [-0.4, -0.2) is 62.2 Å². The monoisotopic (exact) mass is 265 g/mol. The molecule has 0 aromatic rings. The molecule has 0 aliphatic carbocycles. The summed E-state index contributed by atoms with van der Waals surface area (Å²) in [6.45, 7) is 7.90. The van der Waals surface area contributed by atoms with Gasteiger partial charge in [0.15, 0.2) is 0 Å². The SMILES string of the molecule is CN1CCCC2CN(CCC3CCCNC3)CCC21. The Morgan fingerprint density at radius 3 is 2.89 bits per heavy atom. The minimum absolute atomic E-state index is 0.890. The molecule has 3 saturated heterocycles. The second kappa shape index (κ2) is 6.55. The van der Waals surface area contributed by atoms with E-state index in [4.69, 9.17) is 0 Å². The fraction of sp³-hybridized carbons (Fsp3) is 1.00. The molecule has 3 aliphatic heterocycles. The van der Waals surface area contributed by atoms with Crippen molar-refractivity contribution in [1.82, 2.24) is 15.1 Å². The van der Waals surface area contributed by atoms with E-state index in [0.29, 0.717) is 0 Å². The second-order valence-electron chi connectivity index (χ2n) is 7.04. The van der Waals surface area contributed by atoms with Crippen LogP contribution in [0.5, 0.6) is 0 Å². The lowest BCUT2D eigenvalue weighted by atomic mass is 9.84. The topological polar surface area (TPSA) is 18.5 Å². The van der Waals surface area contributed by atoms with Crippen LogP contribution in [0, 0.1) is 11.8 Å². The molecule has 0 radical (unpaired) electrons. The molecular formula is C16H31N3. The van der Waals surface area contributed by atoms with Crippen molar-refractivity contribution in [2.45, 2.75) is 44.6 Å². The number of likely N-dealkylation sites (tertiary alicyclic amines) is 2. The highest BCUT2D eigenvalue weighted by molar-refractivity contribution is 4.89. The zero-order chi connectivity index (χ0) is 13.1. The van der Waals surface area contributed by atoms with Crippen LogP contribution in [0.25, 0.3) is 0 Å². The van der Waals surface area contributed by atoms with Crippen molar-refractivity contribution in [3.63, 3.8) is 0 Å². The van der Waals surface area contributed by atoms with Gasteiger partial charge in [0.2, 0.25) is 0 Å². The van der Waals surface area contributed by atoms with Crippen LogP contribution in [0.2, 0.25) is 0 Å². The molecule has 0 saturated carbocycles. The molecule has 3 heteroatoms. The maximum Gasteiger partial charge on any atom is 0.0145 e. The third-order valence-electron chi connectivity index (χ3n) is 5.68. The van der Waals surface area contributed by atoms with E-state index >= 15 is 0 Å². The summed E-state index contributed by atoms with van der Waals surface area (Å²) in [7, 11) is 2.33. The third kappa shape index (κ3) is 3.50. The van der Waals surface area contributed by atoms with Crippen molar-refractivity contribution < 1.29 is 0 Å². The van der Waals surface area contributed by atoms with E-state index in [-0.39, 0.29) is 0 Å². The zero-order valence-corrected chi connectivity index (χ0v) is 12.6. The van der Waals surface area contributed by atoms with Crippen LogP contribution in [0.15, 0.2) is 0 Å². The summed E-state index contributed by atoms with van der Waals surface area (Å²) in [5.74, 6) is 1.90. The van der Waals surface area contributed by atoms with Gasteiger partial charge in [-0.15, -0.1) is 0 Å². The Bertz CT molecular complexity index is 275. The van der Waals surface area contributed by atoms with Crippen LogP contribution in [0.3, 0.4) is 0 Å². The van der Waals surface area contributed by atoms with Gasteiger partial charge < -0.3 is 15.1 Å². The predicted octanol–water partition coefficient (Wildman–Crippen LogP) is 1.79. The highest BCUT2D eigenvalue weighted by Crippen LogP contribution is 2.29. The molecule has 1 N–H and O–H groups in total. The fourth-order valence-corrected chi connectivity index (χ4v) is 4.47. The van der Waals surface area contributed by atoms with Crippen LogP contribution >= 0.6 is 0 Å². The summed E-state index contributed by atoms with van der Waals surface area (Å²) in [6, 6.07) is 0.890. The Kier molecular flexibility index (Phi) is 4.78. The van der Waals surface area contributed by atoms with E-state index in [1.165, 1.54) is 77.8 Å². The first-order valence-corrected chi connectivity index (χ1v) is 8.46. The first-order valence-electron chi connectivity index (χ1n) is 8.46.